The van der Waals surface area contributed by atoms with E-state index in [4.69, 9.17) is 4.42 Å². The topological polar surface area (TPSA) is 47.2 Å². The molecule has 4 rings (SSSR count). The maximum atomic E-state index is 12.9. The van der Waals surface area contributed by atoms with Crippen LogP contribution in [0.25, 0.3) is 11.1 Å². The molecule has 136 valence electrons. The number of benzene rings is 2. The lowest BCUT2D eigenvalue weighted by Crippen LogP contribution is -2.25. The van der Waals surface area contributed by atoms with Crippen LogP contribution in [0.5, 0.6) is 0 Å². The first kappa shape index (κ1) is 17.2. The molecule has 4 nitrogen and oxygen atoms in total. The zero-order valence-corrected chi connectivity index (χ0v) is 15.5. The Hall–Kier alpha value is -3.27. The van der Waals surface area contributed by atoms with Gasteiger partial charge in [0.25, 0.3) is 5.91 Å². The standard InChI is InChI=1S/C23H22N2O2/c1-16-7-6-10-19(11-16)15-25-20-12-17(2)27-22(20)13-21(25)23(26)24-14-18-8-4-3-5-9-18/h3-13H,14-15H2,1-2H3,(H,24,26). The highest BCUT2D eigenvalue weighted by Crippen LogP contribution is 2.25. The van der Waals surface area contributed by atoms with Gasteiger partial charge in [0.05, 0.1) is 5.52 Å². The first-order valence-corrected chi connectivity index (χ1v) is 9.07. The van der Waals surface area contributed by atoms with E-state index in [1.54, 1.807) is 0 Å². The van der Waals surface area contributed by atoms with Crippen LogP contribution in [0, 0.1) is 13.8 Å². The van der Waals surface area contributed by atoms with Gasteiger partial charge in [-0.05, 0) is 25.0 Å². The SMILES string of the molecule is Cc1cccc(Cn2c(C(=O)NCc3ccccc3)cc3oc(C)cc32)c1. The minimum absolute atomic E-state index is 0.101. The van der Waals surface area contributed by atoms with Crippen LogP contribution in [0.2, 0.25) is 0 Å². The highest BCUT2D eigenvalue weighted by atomic mass is 16.3. The van der Waals surface area contributed by atoms with E-state index in [1.165, 1.54) is 5.56 Å². The quantitative estimate of drug-likeness (QED) is 0.555. The first-order valence-electron chi connectivity index (χ1n) is 9.07. The average molecular weight is 358 g/mol. The Morgan fingerprint density at radius 1 is 0.963 bits per heavy atom. The van der Waals surface area contributed by atoms with E-state index < -0.39 is 0 Å². The molecule has 0 aliphatic heterocycles. The van der Waals surface area contributed by atoms with E-state index >= 15 is 0 Å². The number of hydrogen-bond donors (Lipinski definition) is 1. The van der Waals surface area contributed by atoms with Gasteiger partial charge in [-0.2, -0.15) is 0 Å². The second-order valence-corrected chi connectivity index (χ2v) is 6.88. The molecule has 0 atom stereocenters. The van der Waals surface area contributed by atoms with Gasteiger partial charge in [-0.15, -0.1) is 0 Å². The van der Waals surface area contributed by atoms with Crippen molar-refractivity contribution >= 4 is 17.0 Å². The summed E-state index contributed by atoms with van der Waals surface area (Å²) in [6.45, 7) is 5.12. The summed E-state index contributed by atoms with van der Waals surface area (Å²) in [7, 11) is 0. The van der Waals surface area contributed by atoms with Gasteiger partial charge >= 0.3 is 0 Å². The lowest BCUT2D eigenvalue weighted by molar-refractivity contribution is 0.0942. The minimum Gasteiger partial charge on any atom is -0.460 e. The highest BCUT2D eigenvalue weighted by Gasteiger charge is 2.18. The van der Waals surface area contributed by atoms with Gasteiger partial charge in [0.2, 0.25) is 0 Å². The molecule has 2 aromatic carbocycles. The third-order valence-electron chi connectivity index (χ3n) is 4.66. The lowest BCUT2D eigenvalue weighted by atomic mass is 10.1. The third-order valence-corrected chi connectivity index (χ3v) is 4.66. The normalized spacial score (nSPS) is 11.0. The molecule has 0 unspecified atom stereocenters. The summed E-state index contributed by atoms with van der Waals surface area (Å²) in [5.41, 5.74) is 5.73. The fraction of sp³-hybridized carbons (Fsp3) is 0.174. The van der Waals surface area contributed by atoms with Gasteiger partial charge in [-0.25, -0.2) is 0 Å². The van der Waals surface area contributed by atoms with E-state index in [-0.39, 0.29) is 5.91 Å². The zero-order chi connectivity index (χ0) is 18.8. The van der Waals surface area contributed by atoms with Crippen molar-refractivity contribution in [2.24, 2.45) is 0 Å². The molecule has 0 aliphatic rings. The number of amides is 1. The smallest absolute Gasteiger partial charge is 0.268 e. The molecular weight excluding hydrogens is 336 g/mol. The molecule has 27 heavy (non-hydrogen) atoms. The molecule has 2 aromatic heterocycles. The summed E-state index contributed by atoms with van der Waals surface area (Å²) in [6.07, 6.45) is 0. The Morgan fingerprint density at radius 3 is 2.52 bits per heavy atom. The molecular formula is C23H22N2O2. The Labute approximate surface area is 158 Å². The van der Waals surface area contributed by atoms with Crippen LogP contribution in [-0.2, 0) is 13.1 Å². The van der Waals surface area contributed by atoms with Crippen molar-refractivity contribution in [3.63, 3.8) is 0 Å². The molecule has 0 saturated carbocycles. The fourth-order valence-corrected chi connectivity index (χ4v) is 3.39. The van der Waals surface area contributed by atoms with Crippen LogP contribution < -0.4 is 5.32 Å². The van der Waals surface area contributed by atoms with Crippen molar-refractivity contribution in [2.45, 2.75) is 26.9 Å². The third kappa shape index (κ3) is 3.65. The maximum Gasteiger partial charge on any atom is 0.268 e. The van der Waals surface area contributed by atoms with Crippen LogP contribution in [0.3, 0.4) is 0 Å². The van der Waals surface area contributed by atoms with Gasteiger partial charge < -0.3 is 14.3 Å². The number of aromatic nitrogens is 1. The zero-order valence-electron chi connectivity index (χ0n) is 15.5. The summed E-state index contributed by atoms with van der Waals surface area (Å²) in [5, 5.41) is 3.02. The number of furan rings is 1. The highest BCUT2D eigenvalue weighted by molar-refractivity contribution is 5.97. The van der Waals surface area contributed by atoms with Gasteiger partial charge in [-0.1, -0.05) is 60.2 Å². The molecule has 0 bridgehead atoms. The van der Waals surface area contributed by atoms with Crippen LogP contribution in [0.15, 0.2) is 71.1 Å². The molecule has 4 heteroatoms. The molecule has 0 saturated heterocycles. The number of carbonyl (C=O) groups is 1. The molecule has 0 radical (unpaired) electrons. The van der Waals surface area contributed by atoms with Crippen molar-refractivity contribution < 1.29 is 9.21 Å². The number of carbonyl (C=O) groups excluding carboxylic acids is 1. The maximum absolute atomic E-state index is 12.9. The largest absolute Gasteiger partial charge is 0.460 e. The lowest BCUT2D eigenvalue weighted by Gasteiger charge is -2.11. The summed E-state index contributed by atoms with van der Waals surface area (Å²) in [4.78, 5) is 12.9. The van der Waals surface area contributed by atoms with Crippen molar-refractivity contribution in [2.75, 3.05) is 0 Å². The molecule has 2 heterocycles. The Bertz CT molecular complexity index is 1090. The number of rotatable bonds is 5. The molecule has 1 N–H and O–H groups in total. The number of hydrogen-bond acceptors (Lipinski definition) is 2. The van der Waals surface area contributed by atoms with E-state index in [1.807, 2.05) is 60.0 Å². The first-order chi connectivity index (χ1) is 13.1. The monoisotopic (exact) mass is 358 g/mol. The second-order valence-electron chi connectivity index (χ2n) is 6.88. The Balaban J connectivity index is 1.65. The Kier molecular flexibility index (Phi) is 4.55. The molecule has 1 amide bonds. The Morgan fingerprint density at radius 2 is 1.74 bits per heavy atom. The summed E-state index contributed by atoms with van der Waals surface area (Å²) in [6, 6.07) is 22.1. The minimum atomic E-state index is -0.101. The number of nitrogens with zero attached hydrogens (tertiary/aromatic N) is 1. The van der Waals surface area contributed by atoms with Crippen LogP contribution in [0.1, 0.15) is 32.9 Å². The predicted octanol–water partition coefficient (Wildman–Crippen LogP) is 4.83. The van der Waals surface area contributed by atoms with E-state index in [0.717, 1.165) is 28.0 Å². The van der Waals surface area contributed by atoms with Crippen molar-refractivity contribution in [1.29, 1.82) is 0 Å². The van der Waals surface area contributed by atoms with Gasteiger partial charge in [0.15, 0.2) is 5.58 Å². The average Bonchev–Trinajstić information content (AvgIpc) is 3.18. The van der Waals surface area contributed by atoms with E-state index in [2.05, 4.69) is 30.4 Å². The predicted molar refractivity (Wildman–Crippen MR) is 107 cm³/mol. The summed E-state index contributed by atoms with van der Waals surface area (Å²) in [5.74, 6) is 0.741. The van der Waals surface area contributed by atoms with E-state index in [0.29, 0.717) is 18.8 Å². The van der Waals surface area contributed by atoms with Crippen LogP contribution >= 0.6 is 0 Å². The van der Waals surface area contributed by atoms with Crippen molar-refractivity contribution in [3.8, 4) is 0 Å². The summed E-state index contributed by atoms with van der Waals surface area (Å²) >= 11 is 0. The van der Waals surface area contributed by atoms with Crippen LogP contribution in [0.4, 0.5) is 0 Å². The second kappa shape index (κ2) is 7.16. The van der Waals surface area contributed by atoms with Crippen molar-refractivity contribution in [1.82, 2.24) is 9.88 Å². The number of fused-ring (bicyclic) bond motifs is 1. The van der Waals surface area contributed by atoms with Crippen LogP contribution in [-0.4, -0.2) is 10.5 Å². The molecule has 0 aliphatic carbocycles. The number of nitrogens with one attached hydrogen (secondary N) is 1. The van der Waals surface area contributed by atoms with Gasteiger partial charge in [-0.3, -0.25) is 4.79 Å². The molecule has 0 fully saturated rings. The van der Waals surface area contributed by atoms with Crippen molar-refractivity contribution in [3.05, 3.63) is 94.9 Å². The van der Waals surface area contributed by atoms with Gasteiger partial charge in [0, 0.05) is 25.2 Å². The molecule has 4 aromatic rings. The molecule has 0 spiro atoms. The fourth-order valence-electron chi connectivity index (χ4n) is 3.39. The number of aryl methyl sites for hydroxylation is 2. The summed E-state index contributed by atoms with van der Waals surface area (Å²) < 4.78 is 7.79. The van der Waals surface area contributed by atoms with E-state index in [9.17, 15) is 4.79 Å². The van der Waals surface area contributed by atoms with Gasteiger partial charge in [0.1, 0.15) is 11.5 Å².